The fraction of sp³-hybridized carbons (Fsp3) is 0.560. The van der Waals surface area contributed by atoms with Crippen molar-refractivity contribution in [1.82, 2.24) is 14.9 Å². The van der Waals surface area contributed by atoms with Gasteiger partial charge in [0.05, 0.1) is 11.9 Å². The lowest BCUT2D eigenvalue weighted by Crippen LogP contribution is -2.59. The van der Waals surface area contributed by atoms with Gasteiger partial charge in [0.15, 0.2) is 14.9 Å². The number of hydrogen-bond donors (Lipinski definition) is 0. The number of carbonyl (C=O) groups excluding carboxylic acids is 1. The normalized spacial score (nSPS) is 20.5. The van der Waals surface area contributed by atoms with Crippen LogP contribution >= 0.6 is 0 Å². The minimum Gasteiger partial charge on any atom is -0.485 e. The first-order chi connectivity index (χ1) is 15.9. The Morgan fingerprint density at radius 2 is 1.82 bits per heavy atom. The fourth-order valence-electron chi connectivity index (χ4n) is 5.60. The molecule has 34 heavy (non-hydrogen) atoms. The highest BCUT2D eigenvalue weighted by Gasteiger charge is 2.59. The molecule has 2 aromatic rings. The lowest BCUT2D eigenvalue weighted by Gasteiger charge is -2.56. The molecular weight excluding hydrogens is 454 g/mol. The number of piperidine rings is 1. The second-order valence-electron chi connectivity index (χ2n) is 11.1. The molecule has 1 saturated heterocycles. The molecule has 4 heterocycles. The van der Waals surface area contributed by atoms with Crippen molar-refractivity contribution in [2.24, 2.45) is 5.41 Å². The summed E-state index contributed by atoms with van der Waals surface area (Å²) in [4.78, 5) is 22.8. The molecule has 1 saturated carbocycles. The van der Waals surface area contributed by atoms with Gasteiger partial charge >= 0.3 is 6.09 Å². The quantitative estimate of drug-likeness (QED) is 0.633. The maximum Gasteiger partial charge on any atom is 0.410 e. The summed E-state index contributed by atoms with van der Waals surface area (Å²) in [6, 6.07) is 5.27. The largest absolute Gasteiger partial charge is 0.485 e. The third kappa shape index (κ3) is 4.37. The van der Waals surface area contributed by atoms with Crippen LogP contribution < -0.4 is 4.74 Å². The number of fused-ring (bicyclic) bond motifs is 1. The first kappa shape index (κ1) is 23.1. The fourth-order valence-corrected chi connectivity index (χ4v) is 6.16. The zero-order chi connectivity index (χ0) is 24.4. The standard InChI is InChI=1S/C25H31N3O5S/c1-23(2,3)33-22(29)28-9-7-24(8-10-28)15-25(16-24)12-18-11-19(26-14-20(18)32-25)17-5-6-21(27-13-17)34(4,30)31/h5-6,11,13-14H,7-10,12,15-16H2,1-4H3. The summed E-state index contributed by atoms with van der Waals surface area (Å²) < 4.78 is 35.2. The predicted molar refractivity (Wildman–Crippen MR) is 126 cm³/mol. The van der Waals surface area contributed by atoms with Crippen molar-refractivity contribution in [3.8, 4) is 17.0 Å². The molecule has 2 spiro atoms. The van der Waals surface area contributed by atoms with Crippen LogP contribution in [-0.2, 0) is 21.0 Å². The smallest absolute Gasteiger partial charge is 0.410 e. The molecule has 2 aromatic heterocycles. The highest BCUT2D eigenvalue weighted by Crippen LogP contribution is 2.60. The van der Waals surface area contributed by atoms with Gasteiger partial charge in [0, 0.05) is 43.1 Å². The van der Waals surface area contributed by atoms with Crippen LogP contribution in [0.2, 0.25) is 0 Å². The zero-order valence-electron chi connectivity index (χ0n) is 20.1. The number of ether oxygens (including phenoxy) is 2. The molecule has 5 rings (SSSR count). The molecule has 0 bridgehead atoms. The van der Waals surface area contributed by atoms with Crippen molar-refractivity contribution in [2.45, 2.75) is 69.1 Å². The van der Waals surface area contributed by atoms with E-state index in [-0.39, 0.29) is 22.1 Å². The van der Waals surface area contributed by atoms with Crippen LogP contribution in [0.3, 0.4) is 0 Å². The Kier molecular flexibility index (Phi) is 5.20. The molecule has 0 atom stereocenters. The van der Waals surface area contributed by atoms with Crippen molar-refractivity contribution >= 4 is 15.9 Å². The second kappa shape index (κ2) is 7.66. The Morgan fingerprint density at radius 1 is 1.12 bits per heavy atom. The summed E-state index contributed by atoms with van der Waals surface area (Å²) in [5.74, 6) is 0.825. The van der Waals surface area contributed by atoms with Gasteiger partial charge in [-0.3, -0.25) is 4.98 Å². The van der Waals surface area contributed by atoms with Crippen LogP contribution in [-0.4, -0.2) is 59.9 Å². The summed E-state index contributed by atoms with van der Waals surface area (Å²) in [5, 5.41) is 0.0529. The number of hydrogen-bond acceptors (Lipinski definition) is 7. The van der Waals surface area contributed by atoms with E-state index in [0.717, 1.165) is 74.0 Å². The monoisotopic (exact) mass is 485 g/mol. The Hall–Kier alpha value is -2.68. The Bertz CT molecular complexity index is 1220. The molecule has 3 aliphatic rings. The van der Waals surface area contributed by atoms with E-state index < -0.39 is 15.4 Å². The minimum atomic E-state index is -3.33. The van der Waals surface area contributed by atoms with Crippen LogP contribution in [0.5, 0.6) is 5.75 Å². The van der Waals surface area contributed by atoms with Crippen LogP contribution in [0, 0.1) is 5.41 Å². The molecule has 0 aromatic carbocycles. The van der Waals surface area contributed by atoms with E-state index in [1.165, 1.54) is 6.07 Å². The topological polar surface area (TPSA) is 98.7 Å². The molecule has 0 unspecified atom stereocenters. The Labute approximate surface area is 200 Å². The van der Waals surface area contributed by atoms with Crippen molar-refractivity contribution in [2.75, 3.05) is 19.3 Å². The number of nitrogens with zero attached hydrogens (tertiary/aromatic N) is 3. The van der Waals surface area contributed by atoms with Gasteiger partial charge in [-0.1, -0.05) is 0 Å². The lowest BCUT2D eigenvalue weighted by atomic mass is 9.54. The predicted octanol–water partition coefficient (Wildman–Crippen LogP) is 4.03. The molecule has 2 aliphatic heterocycles. The first-order valence-corrected chi connectivity index (χ1v) is 13.6. The Morgan fingerprint density at radius 3 is 2.41 bits per heavy atom. The van der Waals surface area contributed by atoms with Crippen LogP contribution in [0.25, 0.3) is 11.3 Å². The van der Waals surface area contributed by atoms with Gasteiger partial charge in [-0.2, -0.15) is 0 Å². The van der Waals surface area contributed by atoms with Crippen molar-refractivity contribution in [3.63, 3.8) is 0 Å². The summed E-state index contributed by atoms with van der Waals surface area (Å²) in [7, 11) is -3.33. The summed E-state index contributed by atoms with van der Waals surface area (Å²) in [6.45, 7) is 7.12. The molecule has 0 radical (unpaired) electrons. The maximum atomic E-state index is 12.4. The molecule has 8 nitrogen and oxygen atoms in total. The zero-order valence-corrected chi connectivity index (χ0v) is 20.9. The van der Waals surface area contributed by atoms with E-state index in [9.17, 15) is 13.2 Å². The average molecular weight is 486 g/mol. The Balaban J connectivity index is 1.22. The van der Waals surface area contributed by atoms with Crippen molar-refractivity contribution in [1.29, 1.82) is 0 Å². The third-order valence-electron chi connectivity index (χ3n) is 7.07. The van der Waals surface area contributed by atoms with Gasteiger partial charge in [-0.25, -0.2) is 18.2 Å². The van der Waals surface area contributed by atoms with Crippen molar-refractivity contribution < 1.29 is 22.7 Å². The van der Waals surface area contributed by atoms with Crippen molar-refractivity contribution in [3.05, 3.63) is 36.2 Å². The first-order valence-electron chi connectivity index (χ1n) is 11.7. The number of amides is 1. The van der Waals surface area contributed by atoms with Crippen LogP contribution in [0.4, 0.5) is 4.79 Å². The molecular formula is C25H31N3O5S. The van der Waals surface area contributed by atoms with E-state index in [1.807, 2.05) is 31.7 Å². The molecule has 1 amide bonds. The average Bonchev–Trinajstić information content (AvgIpc) is 3.10. The highest BCUT2D eigenvalue weighted by molar-refractivity contribution is 7.90. The highest BCUT2D eigenvalue weighted by atomic mass is 32.2. The molecule has 9 heteroatoms. The van der Waals surface area contributed by atoms with Crippen LogP contribution in [0.15, 0.2) is 35.6 Å². The molecule has 1 aliphatic carbocycles. The molecule has 182 valence electrons. The number of pyridine rings is 2. The summed E-state index contributed by atoms with van der Waals surface area (Å²) >= 11 is 0. The van der Waals surface area contributed by atoms with E-state index in [2.05, 4.69) is 9.97 Å². The number of sulfone groups is 1. The second-order valence-corrected chi connectivity index (χ2v) is 13.1. The van der Waals surface area contributed by atoms with E-state index in [1.54, 1.807) is 18.5 Å². The van der Waals surface area contributed by atoms with Gasteiger partial charge in [0.25, 0.3) is 0 Å². The number of carbonyl (C=O) groups is 1. The summed E-state index contributed by atoms with van der Waals surface area (Å²) in [6.07, 6.45) is 8.97. The van der Waals surface area contributed by atoms with Gasteiger partial charge in [-0.05, 0) is 70.1 Å². The van der Waals surface area contributed by atoms with E-state index in [0.29, 0.717) is 0 Å². The number of likely N-dealkylation sites (tertiary alicyclic amines) is 1. The lowest BCUT2D eigenvalue weighted by molar-refractivity contribution is -0.120. The van der Waals surface area contributed by atoms with E-state index >= 15 is 0 Å². The minimum absolute atomic E-state index is 0.0529. The SMILES string of the molecule is CC(C)(C)OC(=O)N1CCC2(CC1)CC1(Cc3cc(-c4ccc(S(C)(=O)=O)nc4)ncc3O1)C2. The molecule has 0 N–H and O–H groups in total. The van der Waals surface area contributed by atoms with E-state index in [4.69, 9.17) is 9.47 Å². The third-order valence-corrected chi connectivity index (χ3v) is 8.07. The summed E-state index contributed by atoms with van der Waals surface area (Å²) in [5.41, 5.74) is 2.22. The number of rotatable bonds is 2. The molecule has 2 fully saturated rings. The van der Waals surface area contributed by atoms with Gasteiger partial charge < -0.3 is 14.4 Å². The maximum absolute atomic E-state index is 12.4. The van der Waals surface area contributed by atoms with Gasteiger partial charge in [0.2, 0.25) is 0 Å². The van der Waals surface area contributed by atoms with Gasteiger partial charge in [-0.15, -0.1) is 0 Å². The van der Waals surface area contributed by atoms with Gasteiger partial charge in [0.1, 0.15) is 17.0 Å². The van der Waals surface area contributed by atoms with Crippen LogP contribution in [0.1, 0.15) is 52.0 Å². The number of aromatic nitrogens is 2.